The number of aromatic nitrogens is 1. The number of halogens is 1. The van der Waals surface area contributed by atoms with Crippen LogP contribution in [0.5, 0.6) is 0 Å². The molecule has 6 heteroatoms. The Morgan fingerprint density at radius 2 is 2.14 bits per heavy atom. The molecule has 0 radical (unpaired) electrons. The number of benzene rings is 1. The first-order chi connectivity index (χ1) is 10.4. The number of carbonyl (C=O) groups is 2. The quantitative estimate of drug-likeness (QED) is 0.766. The van der Waals surface area contributed by atoms with Crippen LogP contribution in [0.1, 0.15) is 25.8 Å². The molecule has 2 aromatic rings. The maximum Gasteiger partial charge on any atom is 0.326 e. The number of amides is 1. The molecule has 0 saturated heterocycles. The number of aromatic amines is 1. The number of aliphatic carboxylic acids is 1. The second-order valence-corrected chi connectivity index (χ2v) is 5.45. The molecule has 1 aromatic heterocycles. The lowest BCUT2D eigenvalue weighted by molar-refractivity contribution is -0.143. The van der Waals surface area contributed by atoms with Gasteiger partial charge in [-0.1, -0.05) is 20.3 Å². The van der Waals surface area contributed by atoms with Crippen molar-refractivity contribution in [3.63, 3.8) is 0 Å². The van der Waals surface area contributed by atoms with Gasteiger partial charge in [0.05, 0.1) is 6.42 Å². The summed E-state index contributed by atoms with van der Waals surface area (Å²) in [4.78, 5) is 26.2. The van der Waals surface area contributed by atoms with E-state index in [0.717, 1.165) is 5.39 Å². The minimum Gasteiger partial charge on any atom is -0.480 e. The summed E-state index contributed by atoms with van der Waals surface area (Å²) in [5, 5.41) is 12.5. The zero-order valence-corrected chi connectivity index (χ0v) is 12.5. The standard InChI is InChI=1S/C16H19FN2O3/c1-3-9(2)15(16(21)22)19-14(20)6-10-8-18-13-7-11(17)4-5-12(10)13/h4-5,7-9,15,18H,3,6H2,1-2H3,(H,19,20)(H,21,22)/t9-,15-/m0/s1. The smallest absolute Gasteiger partial charge is 0.326 e. The van der Waals surface area contributed by atoms with Gasteiger partial charge in [-0.05, 0) is 29.7 Å². The van der Waals surface area contributed by atoms with Crippen LogP contribution in [0, 0.1) is 11.7 Å². The van der Waals surface area contributed by atoms with Crippen molar-refractivity contribution in [2.75, 3.05) is 0 Å². The van der Waals surface area contributed by atoms with E-state index in [1.165, 1.54) is 12.1 Å². The molecule has 1 amide bonds. The number of nitrogens with one attached hydrogen (secondary N) is 2. The van der Waals surface area contributed by atoms with Crippen LogP contribution in [0.25, 0.3) is 10.9 Å². The highest BCUT2D eigenvalue weighted by Crippen LogP contribution is 2.20. The SMILES string of the molecule is CC[C@H](C)[C@H](NC(=O)Cc1c[nH]c2cc(F)ccc12)C(=O)O. The van der Waals surface area contributed by atoms with Gasteiger partial charge in [-0.2, -0.15) is 0 Å². The lowest BCUT2D eigenvalue weighted by Crippen LogP contribution is -2.45. The summed E-state index contributed by atoms with van der Waals surface area (Å²) in [5.41, 5.74) is 1.32. The Morgan fingerprint density at radius 1 is 1.41 bits per heavy atom. The van der Waals surface area contributed by atoms with Gasteiger partial charge in [0, 0.05) is 17.1 Å². The number of H-pyrrole nitrogens is 1. The van der Waals surface area contributed by atoms with E-state index in [-0.39, 0.29) is 24.1 Å². The van der Waals surface area contributed by atoms with E-state index in [1.54, 1.807) is 19.2 Å². The van der Waals surface area contributed by atoms with Crippen LogP contribution in [0.15, 0.2) is 24.4 Å². The van der Waals surface area contributed by atoms with Crippen molar-refractivity contribution >= 4 is 22.8 Å². The molecule has 0 fully saturated rings. The van der Waals surface area contributed by atoms with Crippen molar-refractivity contribution in [2.24, 2.45) is 5.92 Å². The highest BCUT2D eigenvalue weighted by molar-refractivity contribution is 5.90. The minimum atomic E-state index is -1.04. The summed E-state index contributed by atoms with van der Waals surface area (Å²) >= 11 is 0. The average Bonchev–Trinajstić information content (AvgIpc) is 2.85. The fourth-order valence-corrected chi connectivity index (χ4v) is 2.39. The number of rotatable bonds is 6. The normalized spacial score (nSPS) is 13.8. The van der Waals surface area contributed by atoms with Crippen molar-refractivity contribution in [3.8, 4) is 0 Å². The van der Waals surface area contributed by atoms with Crippen LogP contribution in [0.3, 0.4) is 0 Å². The van der Waals surface area contributed by atoms with Gasteiger partial charge in [0.1, 0.15) is 11.9 Å². The van der Waals surface area contributed by atoms with E-state index < -0.39 is 12.0 Å². The molecule has 22 heavy (non-hydrogen) atoms. The molecule has 1 aromatic carbocycles. The third kappa shape index (κ3) is 3.44. The molecule has 0 saturated carbocycles. The Morgan fingerprint density at radius 3 is 2.77 bits per heavy atom. The third-order valence-electron chi connectivity index (χ3n) is 3.88. The number of hydrogen-bond donors (Lipinski definition) is 3. The predicted octanol–water partition coefficient (Wildman–Crippen LogP) is 2.46. The Hall–Kier alpha value is -2.37. The first kappa shape index (κ1) is 16.0. The average molecular weight is 306 g/mol. The molecule has 5 nitrogen and oxygen atoms in total. The molecule has 2 rings (SSSR count). The summed E-state index contributed by atoms with van der Waals surface area (Å²) in [5.74, 6) is -1.91. The van der Waals surface area contributed by atoms with Crippen molar-refractivity contribution in [1.82, 2.24) is 10.3 Å². The molecule has 0 aliphatic carbocycles. The number of fused-ring (bicyclic) bond motifs is 1. The molecule has 2 atom stereocenters. The molecule has 0 aliphatic heterocycles. The van der Waals surface area contributed by atoms with Gasteiger partial charge in [0.15, 0.2) is 0 Å². The van der Waals surface area contributed by atoms with Crippen LogP contribution in [0.2, 0.25) is 0 Å². The third-order valence-corrected chi connectivity index (χ3v) is 3.88. The van der Waals surface area contributed by atoms with E-state index >= 15 is 0 Å². The molecule has 0 unspecified atom stereocenters. The number of carboxylic acid groups (broad SMARTS) is 1. The second kappa shape index (κ2) is 6.60. The van der Waals surface area contributed by atoms with Crippen molar-refractivity contribution in [2.45, 2.75) is 32.7 Å². The van der Waals surface area contributed by atoms with Gasteiger partial charge in [-0.25, -0.2) is 9.18 Å². The number of carbonyl (C=O) groups excluding carboxylic acids is 1. The minimum absolute atomic E-state index is 0.0475. The fraction of sp³-hybridized carbons (Fsp3) is 0.375. The van der Waals surface area contributed by atoms with Crippen LogP contribution >= 0.6 is 0 Å². The van der Waals surface area contributed by atoms with E-state index in [2.05, 4.69) is 10.3 Å². The topological polar surface area (TPSA) is 82.2 Å². The zero-order valence-electron chi connectivity index (χ0n) is 12.5. The monoisotopic (exact) mass is 306 g/mol. The first-order valence-corrected chi connectivity index (χ1v) is 7.20. The summed E-state index contributed by atoms with van der Waals surface area (Å²) in [6.45, 7) is 3.66. The molecular weight excluding hydrogens is 287 g/mol. The maximum absolute atomic E-state index is 13.1. The summed E-state index contributed by atoms with van der Waals surface area (Å²) in [6, 6.07) is 3.39. The molecular formula is C16H19FN2O3. The van der Waals surface area contributed by atoms with Crippen LogP contribution in [-0.4, -0.2) is 28.0 Å². The van der Waals surface area contributed by atoms with Gasteiger partial charge < -0.3 is 15.4 Å². The van der Waals surface area contributed by atoms with Gasteiger partial charge in [0.2, 0.25) is 5.91 Å². The zero-order chi connectivity index (χ0) is 16.3. The maximum atomic E-state index is 13.1. The summed E-state index contributed by atoms with van der Waals surface area (Å²) in [7, 11) is 0. The Bertz CT molecular complexity index is 696. The van der Waals surface area contributed by atoms with Gasteiger partial charge in [0.25, 0.3) is 0 Å². The number of hydrogen-bond acceptors (Lipinski definition) is 2. The van der Waals surface area contributed by atoms with Gasteiger partial charge in [-0.3, -0.25) is 4.79 Å². The molecule has 118 valence electrons. The molecule has 0 bridgehead atoms. The lowest BCUT2D eigenvalue weighted by Gasteiger charge is -2.20. The van der Waals surface area contributed by atoms with Gasteiger partial charge in [-0.15, -0.1) is 0 Å². The van der Waals surface area contributed by atoms with E-state index in [1.807, 2.05) is 6.92 Å². The summed E-state index contributed by atoms with van der Waals surface area (Å²) < 4.78 is 13.1. The molecule has 1 heterocycles. The first-order valence-electron chi connectivity index (χ1n) is 7.20. The van der Waals surface area contributed by atoms with Crippen LogP contribution < -0.4 is 5.32 Å². The number of carboxylic acids is 1. The Balaban J connectivity index is 2.11. The summed E-state index contributed by atoms with van der Waals surface area (Å²) in [6.07, 6.45) is 2.35. The van der Waals surface area contributed by atoms with Crippen molar-refractivity contribution in [1.29, 1.82) is 0 Å². The largest absolute Gasteiger partial charge is 0.480 e. The lowest BCUT2D eigenvalue weighted by atomic mass is 9.99. The fourth-order valence-electron chi connectivity index (χ4n) is 2.39. The molecule has 0 aliphatic rings. The van der Waals surface area contributed by atoms with E-state index in [9.17, 15) is 19.1 Å². The Kier molecular flexibility index (Phi) is 4.80. The molecule has 3 N–H and O–H groups in total. The van der Waals surface area contributed by atoms with E-state index in [0.29, 0.717) is 17.5 Å². The highest BCUT2D eigenvalue weighted by Gasteiger charge is 2.25. The molecule has 0 spiro atoms. The van der Waals surface area contributed by atoms with Gasteiger partial charge >= 0.3 is 5.97 Å². The van der Waals surface area contributed by atoms with E-state index in [4.69, 9.17) is 0 Å². The second-order valence-electron chi connectivity index (χ2n) is 5.45. The van der Waals surface area contributed by atoms with Crippen molar-refractivity contribution in [3.05, 3.63) is 35.8 Å². The van der Waals surface area contributed by atoms with Crippen molar-refractivity contribution < 1.29 is 19.1 Å². The van der Waals surface area contributed by atoms with Crippen LogP contribution in [0.4, 0.5) is 4.39 Å². The highest BCUT2D eigenvalue weighted by atomic mass is 19.1. The van der Waals surface area contributed by atoms with Crippen LogP contribution in [-0.2, 0) is 16.0 Å². The Labute approximate surface area is 127 Å². The predicted molar refractivity (Wildman–Crippen MR) is 81.0 cm³/mol.